The van der Waals surface area contributed by atoms with E-state index in [1.165, 1.54) is 0 Å². The zero-order chi connectivity index (χ0) is 12.2. The van der Waals surface area contributed by atoms with Gasteiger partial charge in [0.1, 0.15) is 0 Å². The van der Waals surface area contributed by atoms with Crippen LogP contribution in [-0.4, -0.2) is 18.5 Å². The SMILES string of the molecule is CCCCC(=O)C1(OC)C(C)=CCC=C1C. The summed E-state index contributed by atoms with van der Waals surface area (Å²) in [6.45, 7) is 6.08. The van der Waals surface area contributed by atoms with E-state index in [0.717, 1.165) is 30.4 Å². The molecule has 0 unspecified atom stereocenters. The van der Waals surface area contributed by atoms with Crippen molar-refractivity contribution < 1.29 is 9.53 Å². The van der Waals surface area contributed by atoms with Crippen molar-refractivity contribution in [2.75, 3.05) is 7.11 Å². The summed E-state index contributed by atoms with van der Waals surface area (Å²) in [5.41, 5.74) is 1.31. The summed E-state index contributed by atoms with van der Waals surface area (Å²) in [7, 11) is 1.63. The van der Waals surface area contributed by atoms with Crippen LogP contribution in [-0.2, 0) is 9.53 Å². The summed E-state index contributed by atoms with van der Waals surface area (Å²) < 4.78 is 5.58. The van der Waals surface area contributed by atoms with E-state index in [9.17, 15) is 4.79 Å². The van der Waals surface area contributed by atoms with Crippen LogP contribution in [0, 0.1) is 0 Å². The van der Waals surface area contributed by atoms with Crippen LogP contribution >= 0.6 is 0 Å². The maximum atomic E-state index is 12.3. The highest BCUT2D eigenvalue weighted by Crippen LogP contribution is 2.35. The van der Waals surface area contributed by atoms with E-state index >= 15 is 0 Å². The molecule has 1 rings (SSSR count). The molecule has 0 saturated heterocycles. The van der Waals surface area contributed by atoms with Crippen molar-refractivity contribution in [3.8, 4) is 0 Å². The Morgan fingerprint density at radius 1 is 1.38 bits per heavy atom. The van der Waals surface area contributed by atoms with Gasteiger partial charge in [0, 0.05) is 13.5 Å². The summed E-state index contributed by atoms with van der Waals surface area (Å²) in [6, 6.07) is 0. The quantitative estimate of drug-likeness (QED) is 0.666. The molecule has 0 fully saturated rings. The van der Waals surface area contributed by atoms with Gasteiger partial charge in [0.05, 0.1) is 0 Å². The molecule has 0 N–H and O–H groups in total. The van der Waals surface area contributed by atoms with Gasteiger partial charge in [-0.2, -0.15) is 0 Å². The molecule has 90 valence electrons. The lowest BCUT2D eigenvalue weighted by molar-refractivity contribution is -0.133. The predicted molar refractivity (Wildman–Crippen MR) is 66.4 cm³/mol. The Morgan fingerprint density at radius 3 is 2.38 bits per heavy atom. The summed E-state index contributed by atoms with van der Waals surface area (Å²) in [4.78, 5) is 12.3. The summed E-state index contributed by atoms with van der Waals surface area (Å²) in [5, 5.41) is 0. The lowest BCUT2D eigenvalue weighted by Crippen LogP contribution is -2.44. The first-order valence-electron chi connectivity index (χ1n) is 6.02. The van der Waals surface area contributed by atoms with Gasteiger partial charge in [-0.15, -0.1) is 0 Å². The number of carbonyl (C=O) groups is 1. The number of rotatable bonds is 5. The minimum absolute atomic E-state index is 0.194. The molecule has 0 saturated carbocycles. The fourth-order valence-corrected chi connectivity index (χ4v) is 2.40. The van der Waals surface area contributed by atoms with Crippen molar-refractivity contribution in [2.24, 2.45) is 0 Å². The first-order chi connectivity index (χ1) is 7.59. The standard InChI is InChI=1S/C14H22O2/c1-5-6-10-13(15)14(16-4)11(2)8-7-9-12(14)3/h8-9H,5-7,10H2,1-4H3. The maximum absolute atomic E-state index is 12.3. The summed E-state index contributed by atoms with van der Waals surface area (Å²) in [5.74, 6) is 0.194. The minimum Gasteiger partial charge on any atom is -0.362 e. The Labute approximate surface area is 98.4 Å². The summed E-state index contributed by atoms with van der Waals surface area (Å²) in [6.07, 6.45) is 7.65. The monoisotopic (exact) mass is 222 g/mol. The Kier molecular flexibility index (Phi) is 4.48. The molecule has 2 heteroatoms. The smallest absolute Gasteiger partial charge is 0.173 e. The Balaban J connectivity index is 2.99. The van der Waals surface area contributed by atoms with Crippen molar-refractivity contribution in [1.82, 2.24) is 0 Å². The van der Waals surface area contributed by atoms with Crippen LogP contribution in [0.4, 0.5) is 0 Å². The van der Waals surface area contributed by atoms with Crippen LogP contribution in [0.1, 0.15) is 46.5 Å². The third-order valence-corrected chi connectivity index (χ3v) is 3.41. The average molecular weight is 222 g/mol. The first-order valence-corrected chi connectivity index (χ1v) is 6.02. The van der Waals surface area contributed by atoms with Gasteiger partial charge in [-0.1, -0.05) is 25.5 Å². The molecule has 0 bridgehead atoms. The van der Waals surface area contributed by atoms with Crippen LogP contribution < -0.4 is 0 Å². The molecular formula is C14H22O2. The number of methoxy groups -OCH3 is 1. The van der Waals surface area contributed by atoms with Gasteiger partial charge in [-0.25, -0.2) is 0 Å². The fraction of sp³-hybridized carbons (Fsp3) is 0.643. The molecule has 0 aromatic heterocycles. The second kappa shape index (κ2) is 5.44. The third kappa shape index (κ3) is 2.12. The average Bonchev–Trinajstić information content (AvgIpc) is 2.27. The van der Waals surface area contributed by atoms with Gasteiger partial charge in [0.25, 0.3) is 0 Å². The molecule has 16 heavy (non-hydrogen) atoms. The van der Waals surface area contributed by atoms with Gasteiger partial charge in [0.2, 0.25) is 0 Å². The maximum Gasteiger partial charge on any atom is 0.173 e. The second-order valence-corrected chi connectivity index (χ2v) is 4.42. The number of carbonyl (C=O) groups excluding carboxylic acids is 1. The van der Waals surface area contributed by atoms with Gasteiger partial charge >= 0.3 is 0 Å². The minimum atomic E-state index is -0.770. The third-order valence-electron chi connectivity index (χ3n) is 3.41. The Bertz CT molecular complexity index is 306. The lowest BCUT2D eigenvalue weighted by atomic mass is 9.78. The number of ether oxygens (including phenoxy) is 1. The van der Waals surface area contributed by atoms with Crippen LogP contribution in [0.25, 0.3) is 0 Å². The Hall–Kier alpha value is -0.890. The van der Waals surface area contributed by atoms with Gasteiger partial charge in [0.15, 0.2) is 11.4 Å². The fourth-order valence-electron chi connectivity index (χ4n) is 2.40. The topological polar surface area (TPSA) is 26.3 Å². The van der Waals surface area contributed by atoms with Crippen molar-refractivity contribution in [3.05, 3.63) is 23.3 Å². The van der Waals surface area contributed by atoms with Crippen molar-refractivity contribution >= 4 is 5.78 Å². The van der Waals surface area contributed by atoms with E-state index < -0.39 is 5.60 Å². The molecule has 0 radical (unpaired) electrons. The van der Waals surface area contributed by atoms with Crippen LogP contribution in [0.2, 0.25) is 0 Å². The van der Waals surface area contributed by atoms with E-state index in [0.29, 0.717) is 6.42 Å². The molecule has 0 aliphatic heterocycles. The van der Waals surface area contributed by atoms with E-state index in [1.807, 2.05) is 13.8 Å². The van der Waals surface area contributed by atoms with Crippen molar-refractivity contribution in [3.63, 3.8) is 0 Å². The highest BCUT2D eigenvalue weighted by molar-refractivity contribution is 5.94. The molecule has 0 spiro atoms. The highest BCUT2D eigenvalue weighted by Gasteiger charge is 2.41. The number of Topliss-reactive ketones (excluding diaryl/α,β-unsaturated/α-hetero) is 1. The van der Waals surface area contributed by atoms with Gasteiger partial charge in [-0.3, -0.25) is 4.79 Å². The molecule has 2 nitrogen and oxygen atoms in total. The zero-order valence-electron chi connectivity index (χ0n) is 10.8. The molecule has 0 atom stereocenters. The molecule has 0 amide bonds. The lowest BCUT2D eigenvalue weighted by Gasteiger charge is -2.35. The second-order valence-electron chi connectivity index (χ2n) is 4.42. The largest absolute Gasteiger partial charge is 0.362 e. The van der Waals surface area contributed by atoms with Crippen LogP contribution in [0.15, 0.2) is 23.3 Å². The molecule has 1 aliphatic rings. The Morgan fingerprint density at radius 2 is 1.94 bits per heavy atom. The van der Waals surface area contributed by atoms with Gasteiger partial charge in [-0.05, 0) is 37.8 Å². The first kappa shape index (κ1) is 13.2. The molecule has 0 heterocycles. The highest BCUT2D eigenvalue weighted by atomic mass is 16.5. The summed E-state index contributed by atoms with van der Waals surface area (Å²) >= 11 is 0. The van der Waals surface area contributed by atoms with E-state index in [1.54, 1.807) is 7.11 Å². The number of ketones is 1. The number of hydrogen-bond donors (Lipinski definition) is 0. The predicted octanol–water partition coefficient (Wildman–Crippen LogP) is 3.43. The van der Waals surface area contributed by atoms with E-state index in [2.05, 4.69) is 19.1 Å². The number of unbranched alkanes of at least 4 members (excludes halogenated alkanes) is 1. The molecule has 1 aliphatic carbocycles. The molecule has 0 aromatic carbocycles. The van der Waals surface area contributed by atoms with Crippen LogP contribution in [0.5, 0.6) is 0 Å². The van der Waals surface area contributed by atoms with Crippen molar-refractivity contribution in [2.45, 2.75) is 52.1 Å². The zero-order valence-corrected chi connectivity index (χ0v) is 10.8. The normalized spacial score (nSPS) is 19.0. The molecule has 0 aromatic rings. The van der Waals surface area contributed by atoms with Crippen LogP contribution in [0.3, 0.4) is 0 Å². The molecular weight excluding hydrogens is 200 g/mol. The van der Waals surface area contributed by atoms with Gasteiger partial charge < -0.3 is 4.74 Å². The number of allylic oxidation sites excluding steroid dienone is 2. The number of hydrogen-bond acceptors (Lipinski definition) is 2. The van der Waals surface area contributed by atoms with E-state index in [-0.39, 0.29) is 5.78 Å². The van der Waals surface area contributed by atoms with Crippen molar-refractivity contribution in [1.29, 1.82) is 0 Å². The van der Waals surface area contributed by atoms with E-state index in [4.69, 9.17) is 4.74 Å².